The Hall–Kier alpha value is -4.33. The number of aromatic nitrogens is 2. The Bertz CT molecular complexity index is 1430. The molecule has 2 amide bonds. The highest BCUT2D eigenvalue weighted by Gasteiger charge is 2.18. The van der Waals surface area contributed by atoms with Crippen molar-refractivity contribution in [2.75, 3.05) is 10.6 Å². The van der Waals surface area contributed by atoms with Gasteiger partial charge in [0.1, 0.15) is 23.6 Å². The normalized spacial score (nSPS) is 10.8. The summed E-state index contributed by atoms with van der Waals surface area (Å²) in [6, 6.07) is 15.8. The lowest BCUT2D eigenvalue weighted by Gasteiger charge is -2.14. The van der Waals surface area contributed by atoms with Crippen molar-refractivity contribution >= 4 is 34.2 Å². The molecule has 0 bridgehead atoms. The van der Waals surface area contributed by atoms with E-state index in [0.29, 0.717) is 22.7 Å². The fourth-order valence-corrected chi connectivity index (χ4v) is 3.43. The number of fused-ring (bicyclic) bond motifs is 1. The minimum Gasteiger partial charge on any atom is -0.324 e. The summed E-state index contributed by atoms with van der Waals surface area (Å²) in [6.07, 6.45) is 1.33. The van der Waals surface area contributed by atoms with Crippen molar-refractivity contribution in [1.82, 2.24) is 9.55 Å². The maximum absolute atomic E-state index is 13.2. The lowest BCUT2D eigenvalue weighted by Crippen LogP contribution is -2.27. The number of nitrogens with one attached hydrogen (secondary N) is 2. The van der Waals surface area contributed by atoms with Crippen LogP contribution >= 0.6 is 0 Å². The van der Waals surface area contributed by atoms with Crippen LogP contribution in [0.25, 0.3) is 11.0 Å². The minimum absolute atomic E-state index is 0.152. The molecule has 8 heteroatoms. The second-order valence-electron chi connectivity index (χ2n) is 7.65. The predicted octanol–water partition coefficient (Wildman–Crippen LogP) is 4.04. The zero-order valence-electron chi connectivity index (χ0n) is 18.1. The number of hydrogen-bond acceptors (Lipinski definition) is 4. The van der Waals surface area contributed by atoms with Crippen molar-refractivity contribution in [1.29, 1.82) is 0 Å². The van der Waals surface area contributed by atoms with E-state index in [1.807, 2.05) is 25.1 Å². The molecule has 166 valence electrons. The molecule has 0 saturated heterocycles. The van der Waals surface area contributed by atoms with E-state index in [4.69, 9.17) is 0 Å². The monoisotopic (exact) mass is 444 g/mol. The van der Waals surface area contributed by atoms with Crippen LogP contribution in [0.3, 0.4) is 0 Å². The number of aryl methyl sites for hydroxylation is 2. The zero-order chi connectivity index (χ0) is 23.5. The Morgan fingerprint density at radius 1 is 0.970 bits per heavy atom. The van der Waals surface area contributed by atoms with Crippen LogP contribution in [0.4, 0.5) is 15.8 Å². The van der Waals surface area contributed by atoms with Gasteiger partial charge in [-0.2, -0.15) is 0 Å². The summed E-state index contributed by atoms with van der Waals surface area (Å²) in [5, 5.41) is 5.65. The molecule has 7 nitrogen and oxygen atoms in total. The van der Waals surface area contributed by atoms with Gasteiger partial charge in [0.15, 0.2) is 0 Å². The van der Waals surface area contributed by atoms with Gasteiger partial charge in [-0.1, -0.05) is 18.2 Å². The second kappa shape index (κ2) is 9.04. The number of carbonyl (C=O) groups is 2. The fraction of sp³-hybridized carbons (Fsp3) is 0.120. The predicted molar refractivity (Wildman–Crippen MR) is 125 cm³/mol. The van der Waals surface area contributed by atoms with Gasteiger partial charge in [-0.25, -0.2) is 9.37 Å². The lowest BCUT2D eigenvalue weighted by molar-refractivity contribution is -0.116. The number of carbonyl (C=O) groups excluding carboxylic acids is 2. The van der Waals surface area contributed by atoms with Crippen molar-refractivity contribution in [3.8, 4) is 0 Å². The van der Waals surface area contributed by atoms with Gasteiger partial charge in [-0.3, -0.25) is 14.4 Å². The summed E-state index contributed by atoms with van der Waals surface area (Å²) in [5.74, 6) is -1.44. The van der Waals surface area contributed by atoms with E-state index >= 15 is 0 Å². The highest BCUT2D eigenvalue weighted by atomic mass is 19.1. The van der Waals surface area contributed by atoms with Crippen molar-refractivity contribution in [2.24, 2.45) is 0 Å². The van der Waals surface area contributed by atoms with Crippen molar-refractivity contribution in [3.05, 3.63) is 99.7 Å². The number of hydrogen-bond donors (Lipinski definition) is 2. The number of rotatable bonds is 5. The molecular weight excluding hydrogens is 423 g/mol. The summed E-state index contributed by atoms with van der Waals surface area (Å²) in [5.41, 5.74) is 2.23. The molecule has 0 unspecified atom stereocenters. The van der Waals surface area contributed by atoms with E-state index in [-0.39, 0.29) is 23.4 Å². The molecule has 0 fully saturated rings. The van der Waals surface area contributed by atoms with E-state index in [2.05, 4.69) is 15.6 Å². The third-order valence-electron chi connectivity index (χ3n) is 5.14. The molecule has 2 heterocycles. The van der Waals surface area contributed by atoms with Crippen LogP contribution < -0.4 is 16.1 Å². The Labute approximate surface area is 188 Å². The molecule has 0 aliphatic heterocycles. The Kier molecular flexibility index (Phi) is 5.99. The average molecular weight is 444 g/mol. The topological polar surface area (TPSA) is 93.1 Å². The number of nitrogens with zero attached hydrogens (tertiary/aromatic N) is 2. The standard InChI is InChI=1S/C25H21FN4O3/c1-15-5-3-4-6-21(15)29-22(31)14-30-13-20(23(32)19-12-7-16(2)27-24(19)30)25(33)28-18-10-8-17(26)9-11-18/h3-13H,14H2,1-2H3,(H,28,33)(H,29,31). The van der Waals surface area contributed by atoms with Crippen LogP contribution in [0.1, 0.15) is 21.6 Å². The molecule has 4 aromatic rings. The molecule has 2 N–H and O–H groups in total. The first-order valence-electron chi connectivity index (χ1n) is 10.2. The van der Waals surface area contributed by atoms with Crippen molar-refractivity contribution in [2.45, 2.75) is 20.4 Å². The lowest BCUT2D eigenvalue weighted by atomic mass is 10.1. The van der Waals surface area contributed by atoms with E-state index in [9.17, 15) is 18.8 Å². The second-order valence-corrected chi connectivity index (χ2v) is 7.65. The quantitative estimate of drug-likeness (QED) is 0.486. The minimum atomic E-state index is -0.665. The van der Waals surface area contributed by atoms with Crippen molar-refractivity contribution < 1.29 is 14.0 Å². The molecule has 2 aromatic heterocycles. The van der Waals surface area contributed by atoms with E-state index in [1.165, 1.54) is 35.0 Å². The number of halogens is 1. The van der Waals surface area contributed by atoms with Crippen molar-refractivity contribution in [3.63, 3.8) is 0 Å². The fourth-order valence-electron chi connectivity index (χ4n) is 3.43. The Balaban J connectivity index is 1.71. The smallest absolute Gasteiger partial charge is 0.261 e. The van der Waals surface area contributed by atoms with Crippen LogP contribution in [0.5, 0.6) is 0 Å². The molecule has 0 saturated carbocycles. The first-order valence-corrected chi connectivity index (χ1v) is 10.2. The van der Waals surface area contributed by atoms with Crippen LogP contribution in [-0.2, 0) is 11.3 Å². The highest BCUT2D eigenvalue weighted by molar-refractivity contribution is 6.05. The molecule has 0 spiro atoms. The summed E-state index contributed by atoms with van der Waals surface area (Å²) < 4.78 is 14.6. The molecule has 33 heavy (non-hydrogen) atoms. The van der Waals surface area contributed by atoms with Gasteiger partial charge in [0.25, 0.3) is 5.91 Å². The van der Waals surface area contributed by atoms with Gasteiger partial charge in [-0.05, 0) is 61.9 Å². The van der Waals surface area contributed by atoms with Gasteiger partial charge in [-0.15, -0.1) is 0 Å². The summed E-state index contributed by atoms with van der Waals surface area (Å²) in [4.78, 5) is 43.1. The first kappa shape index (κ1) is 21.9. The van der Waals surface area contributed by atoms with Gasteiger partial charge in [0.2, 0.25) is 11.3 Å². The van der Waals surface area contributed by atoms with Crippen LogP contribution in [0.15, 0.2) is 71.7 Å². The third kappa shape index (κ3) is 4.79. The summed E-state index contributed by atoms with van der Waals surface area (Å²) >= 11 is 0. The number of benzene rings is 2. The number of para-hydroxylation sites is 1. The maximum atomic E-state index is 13.2. The van der Waals surface area contributed by atoms with Crippen LogP contribution in [0.2, 0.25) is 0 Å². The van der Waals surface area contributed by atoms with E-state index < -0.39 is 17.2 Å². The maximum Gasteiger partial charge on any atom is 0.261 e. The van der Waals surface area contributed by atoms with Gasteiger partial charge in [0, 0.05) is 23.3 Å². The summed E-state index contributed by atoms with van der Waals surface area (Å²) in [6.45, 7) is 3.50. The molecule has 0 atom stereocenters. The number of anilines is 2. The van der Waals surface area contributed by atoms with Crippen LogP contribution in [-0.4, -0.2) is 21.4 Å². The molecule has 0 radical (unpaired) electrons. The van der Waals surface area contributed by atoms with Crippen LogP contribution in [0, 0.1) is 19.7 Å². The zero-order valence-corrected chi connectivity index (χ0v) is 18.1. The molecular formula is C25H21FN4O3. The number of amides is 2. The molecule has 0 aliphatic carbocycles. The largest absolute Gasteiger partial charge is 0.324 e. The molecule has 2 aromatic carbocycles. The SMILES string of the molecule is Cc1ccc2c(=O)c(C(=O)Nc3ccc(F)cc3)cn(CC(=O)Nc3ccccc3C)c2n1. The molecule has 4 rings (SSSR count). The molecule has 0 aliphatic rings. The Morgan fingerprint density at radius 3 is 2.42 bits per heavy atom. The van der Waals surface area contributed by atoms with Gasteiger partial charge < -0.3 is 15.2 Å². The van der Waals surface area contributed by atoms with E-state index in [1.54, 1.807) is 25.1 Å². The highest BCUT2D eigenvalue weighted by Crippen LogP contribution is 2.16. The Morgan fingerprint density at radius 2 is 1.70 bits per heavy atom. The van der Waals surface area contributed by atoms with Gasteiger partial charge >= 0.3 is 0 Å². The number of pyridine rings is 2. The third-order valence-corrected chi connectivity index (χ3v) is 5.14. The average Bonchev–Trinajstić information content (AvgIpc) is 2.78. The van der Waals surface area contributed by atoms with Gasteiger partial charge in [0.05, 0.1) is 5.39 Å². The van der Waals surface area contributed by atoms with E-state index in [0.717, 1.165) is 5.56 Å². The summed E-state index contributed by atoms with van der Waals surface area (Å²) in [7, 11) is 0. The first-order chi connectivity index (χ1) is 15.8.